The van der Waals surface area contributed by atoms with Crippen LogP contribution in [0.25, 0.3) is 0 Å². The van der Waals surface area contributed by atoms with Crippen molar-refractivity contribution in [3.05, 3.63) is 71.8 Å². The predicted molar refractivity (Wildman–Crippen MR) is 154 cm³/mol. The van der Waals surface area contributed by atoms with E-state index in [0.717, 1.165) is 11.1 Å². The van der Waals surface area contributed by atoms with Crippen molar-refractivity contribution in [3.8, 4) is 0 Å². The normalized spacial score (nSPS) is 11.5. The van der Waals surface area contributed by atoms with Gasteiger partial charge in [0.05, 0.1) is 12.5 Å². The van der Waals surface area contributed by atoms with Crippen LogP contribution in [0.4, 0.5) is 4.79 Å². The Kier molecular flexibility index (Phi) is 13.6. The number of carboxylic acids is 1. The first-order chi connectivity index (χ1) is 20.3. The van der Waals surface area contributed by atoms with Gasteiger partial charge in [0.15, 0.2) is 6.61 Å². The highest BCUT2D eigenvalue weighted by Crippen LogP contribution is 2.21. The number of carbonyl (C=O) groups excluding carboxylic acids is 5. The van der Waals surface area contributed by atoms with Crippen molar-refractivity contribution in [1.82, 2.24) is 21.3 Å². The van der Waals surface area contributed by atoms with Crippen molar-refractivity contribution in [1.29, 1.82) is 0 Å². The molecule has 0 spiro atoms. The van der Waals surface area contributed by atoms with Crippen LogP contribution in [0.15, 0.2) is 60.7 Å². The van der Waals surface area contributed by atoms with E-state index in [-0.39, 0.29) is 25.8 Å². The van der Waals surface area contributed by atoms with Gasteiger partial charge in [0.2, 0.25) is 11.8 Å². The Hall–Kier alpha value is -4.94. The second-order valence-corrected chi connectivity index (χ2v) is 10.4. The van der Waals surface area contributed by atoms with Crippen molar-refractivity contribution in [2.24, 2.45) is 0 Å². The summed E-state index contributed by atoms with van der Waals surface area (Å²) in [6, 6.07) is 16.9. The lowest BCUT2D eigenvalue weighted by Gasteiger charge is -2.23. The van der Waals surface area contributed by atoms with Gasteiger partial charge in [-0.3, -0.25) is 24.0 Å². The molecule has 1 atom stereocenters. The van der Waals surface area contributed by atoms with Crippen molar-refractivity contribution >= 4 is 35.8 Å². The molecule has 0 saturated carbocycles. The molecule has 232 valence electrons. The fourth-order valence-corrected chi connectivity index (χ4v) is 3.72. The molecule has 13 heteroatoms. The summed E-state index contributed by atoms with van der Waals surface area (Å²) in [5, 5.41) is 18.7. The van der Waals surface area contributed by atoms with Crippen LogP contribution in [-0.2, 0) is 33.4 Å². The van der Waals surface area contributed by atoms with Crippen LogP contribution < -0.4 is 21.3 Å². The number of benzene rings is 2. The molecule has 2 rings (SSSR count). The van der Waals surface area contributed by atoms with Crippen LogP contribution in [0.1, 0.15) is 57.2 Å². The summed E-state index contributed by atoms with van der Waals surface area (Å²) in [6.07, 6.45) is -1.58. The molecule has 0 aliphatic heterocycles. The highest BCUT2D eigenvalue weighted by atomic mass is 16.6. The van der Waals surface area contributed by atoms with Gasteiger partial charge in [-0.25, -0.2) is 4.79 Å². The molecule has 0 aliphatic carbocycles. The third-order valence-corrected chi connectivity index (χ3v) is 5.67. The van der Waals surface area contributed by atoms with Gasteiger partial charge < -0.3 is 35.8 Å². The summed E-state index contributed by atoms with van der Waals surface area (Å²) < 4.78 is 10.2. The predicted octanol–water partition coefficient (Wildman–Crippen LogP) is 1.82. The van der Waals surface area contributed by atoms with Gasteiger partial charge in [0, 0.05) is 13.0 Å². The van der Waals surface area contributed by atoms with Crippen LogP contribution in [0.2, 0.25) is 0 Å². The van der Waals surface area contributed by atoms with E-state index in [1.54, 1.807) is 20.8 Å². The van der Waals surface area contributed by atoms with Crippen LogP contribution in [0, 0.1) is 0 Å². The third-order valence-electron chi connectivity index (χ3n) is 5.67. The Morgan fingerprint density at radius 1 is 0.791 bits per heavy atom. The molecule has 0 radical (unpaired) electrons. The number of aliphatic carboxylic acids is 1. The van der Waals surface area contributed by atoms with Gasteiger partial charge in [0.25, 0.3) is 5.91 Å². The molecule has 0 saturated heterocycles. The number of hydrogen-bond donors (Lipinski definition) is 5. The van der Waals surface area contributed by atoms with Crippen LogP contribution in [0.3, 0.4) is 0 Å². The number of carboxylic acid groups (broad SMARTS) is 1. The first kappa shape index (κ1) is 34.3. The van der Waals surface area contributed by atoms with Crippen molar-refractivity contribution in [2.75, 3.05) is 19.7 Å². The smallest absolute Gasteiger partial charge is 0.408 e. The maximum absolute atomic E-state index is 12.8. The maximum Gasteiger partial charge on any atom is 0.408 e. The summed E-state index contributed by atoms with van der Waals surface area (Å²) in [5.74, 6) is -3.88. The molecular formula is C30H38N4O9. The molecule has 5 N–H and O–H groups in total. The molecule has 4 amide bonds. The van der Waals surface area contributed by atoms with Crippen LogP contribution in [-0.4, -0.2) is 72.2 Å². The molecule has 0 aliphatic rings. The van der Waals surface area contributed by atoms with Gasteiger partial charge in [-0.1, -0.05) is 60.7 Å². The van der Waals surface area contributed by atoms with Gasteiger partial charge in [-0.05, 0) is 38.3 Å². The molecule has 13 nitrogen and oxygen atoms in total. The average molecular weight is 599 g/mol. The number of rotatable bonds is 15. The summed E-state index contributed by atoms with van der Waals surface area (Å²) in [6.45, 7) is 3.66. The van der Waals surface area contributed by atoms with Gasteiger partial charge in [0.1, 0.15) is 18.2 Å². The topological polar surface area (TPSA) is 189 Å². The van der Waals surface area contributed by atoms with Crippen molar-refractivity contribution in [3.63, 3.8) is 0 Å². The Morgan fingerprint density at radius 3 is 1.91 bits per heavy atom. The number of hydrogen-bond acceptors (Lipinski definition) is 8. The molecule has 43 heavy (non-hydrogen) atoms. The lowest BCUT2D eigenvalue weighted by Crippen LogP contribution is -2.50. The fraction of sp³-hybridized carbons (Fsp3) is 0.400. The molecular weight excluding hydrogens is 560 g/mol. The van der Waals surface area contributed by atoms with E-state index in [1.165, 1.54) is 0 Å². The summed E-state index contributed by atoms with van der Waals surface area (Å²) in [5.41, 5.74) is 0.824. The Balaban J connectivity index is 1.90. The summed E-state index contributed by atoms with van der Waals surface area (Å²) >= 11 is 0. The monoisotopic (exact) mass is 598 g/mol. The van der Waals surface area contributed by atoms with E-state index < -0.39 is 66.6 Å². The fourth-order valence-electron chi connectivity index (χ4n) is 3.72. The van der Waals surface area contributed by atoms with Gasteiger partial charge in [-0.2, -0.15) is 0 Å². The first-order valence-electron chi connectivity index (χ1n) is 13.6. The summed E-state index contributed by atoms with van der Waals surface area (Å²) in [7, 11) is 0. The van der Waals surface area contributed by atoms with Crippen LogP contribution >= 0.6 is 0 Å². The first-order valence-corrected chi connectivity index (χ1v) is 13.6. The molecule has 0 unspecified atom stereocenters. The lowest BCUT2D eigenvalue weighted by atomic mass is 9.99. The van der Waals surface area contributed by atoms with E-state index in [9.17, 15) is 28.8 Å². The molecule has 2 aromatic rings. The Labute approximate surface area is 249 Å². The Morgan fingerprint density at radius 2 is 1.37 bits per heavy atom. The van der Waals surface area contributed by atoms with E-state index in [1.807, 2.05) is 60.7 Å². The van der Waals surface area contributed by atoms with E-state index in [2.05, 4.69) is 21.3 Å². The number of carbonyl (C=O) groups is 6. The average Bonchev–Trinajstić information content (AvgIpc) is 2.96. The zero-order chi connectivity index (χ0) is 31.8. The van der Waals surface area contributed by atoms with E-state index in [4.69, 9.17) is 14.6 Å². The zero-order valence-corrected chi connectivity index (χ0v) is 24.4. The second kappa shape index (κ2) is 17.1. The zero-order valence-electron chi connectivity index (χ0n) is 24.4. The number of nitrogens with one attached hydrogen (secondary N) is 4. The number of alkyl carbamates (subject to hydrolysis) is 1. The third kappa shape index (κ3) is 14.0. The second-order valence-electron chi connectivity index (χ2n) is 10.4. The number of amides is 4. The quantitative estimate of drug-likeness (QED) is 0.190. The van der Waals surface area contributed by atoms with Crippen molar-refractivity contribution in [2.45, 2.75) is 57.7 Å². The highest BCUT2D eigenvalue weighted by Gasteiger charge is 2.25. The molecule has 0 fully saturated rings. The van der Waals surface area contributed by atoms with Crippen molar-refractivity contribution < 1.29 is 43.3 Å². The highest BCUT2D eigenvalue weighted by molar-refractivity contribution is 5.89. The lowest BCUT2D eigenvalue weighted by molar-refractivity contribution is -0.148. The molecule has 0 bridgehead atoms. The van der Waals surface area contributed by atoms with Gasteiger partial charge >= 0.3 is 18.0 Å². The minimum Gasteiger partial charge on any atom is -0.481 e. The number of ether oxygens (including phenoxy) is 2. The molecule has 0 heterocycles. The molecule has 2 aromatic carbocycles. The number of esters is 1. The van der Waals surface area contributed by atoms with Crippen LogP contribution in [0.5, 0.6) is 0 Å². The molecule has 0 aromatic heterocycles. The van der Waals surface area contributed by atoms with E-state index >= 15 is 0 Å². The van der Waals surface area contributed by atoms with E-state index in [0.29, 0.717) is 0 Å². The maximum atomic E-state index is 12.8. The van der Waals surface area contributed by atoms with Gasteiger partial charge in [-0.15, -0.1) is 0 Å². The largest absolute Gasteiger partial charge is 0.481 e. The minimum absolute atomic E-state index is 0.0685. The Bertz CT molecular complexity index is 1210. The standard InChI is InChI=1S/C30H38N4O9/c1-30(2,3)43-29(41)33-22(16-17-31-23(35)14-15-25(37)38)28(40)32-18-26(39)42-19-24(36)34-27(20-10-6-4-7-11-20)21-12-8-5-9-13-21/h4-13,22,27H,14-19H2,1-3H3,(H,31,35)(H,32,40)(H,33,41)(H,34,36)(H,37,38)/t22-/m0/s1. The summed E-state index contributed by atoms with van der Waals surface area (Å²) in [4.78, 5) is 72.4. The minimum atomic E-state index is -1.21. The SMILES string of the molecule is CC(C)(C)OC(=O)N[C@@H](CCNC(=O)CCC(=O)O)C(=O)NCC(=O)OCC(=O)NC(c1ccccc1)c1ccccc1.